The van der Waals surface area contributed by atoms with Crippen molar-refractivity contribution < 1.29 is 46.9 Å². The second-order valence-electron chi connectivity index (χ2n) is 11.8. The van der Waals surface area contributed by atoms with Crippen molar-refractivity contribution in [3.8, 4) is 5.75 Å². The van der Waals surface area contributed by atoms with Gasteiger partial charge in [0, 0.05) is 6.54 Å². The molecular weight excluding hydrogens is 584 g/mol. The number of aliphatic hydroxyl groups is 1. The standard InChI is InChI=1S/C28H46N4O10S/c1-16-15-20(39-10)17(2)18(3)22(16)43(37,38)32-24(31-26(36)42-28(7,8)9)29-14-12-13-19(21(33)23(34)40-11)30-25(35)41-27(4,5)6/h15,19,21,33H,12-14H2,1-11H3,(H,30,35)(H2,29,31,32,36)/t19-,21?/m0/s1. The van der Waals surface area contributed by atoms with Gasteiger partial charge in [0.2, 0.25) is 5.96 Å². The fraction of sp³-hybridized carbons (Fsp3) is 0.643. The third-order valence-corrected chi connectivity index (χ3v) is 7.41. The fourth-order valence-electron chi connectivity index (χ4n) is 3.88. The van der Waals surface area contributed by atoms with Crippen LogP contribution in [-0.2, 0) is 29.0 Å². The first-order valence-electron chi connectivity index (χ1n) is 13.6. The molecule has 1 rings (SSSR count). The Labute approximate surface area is 253 Å². The van der Waals surface area contributed by atoms with Crippen molar-refractivity contribution in [3.63, 3.8) is 0 Å². The number of hydrogen-bond acceptors (Lipinski definition) is 11. The van der Waals surface area contributed by atoms with E-state index in [4.69, 9.17) is 14.2 Å². The molecule has 0 aliphatic carbocycles. The molecule has 0 bridgehead atoms. The van der Waals surface area contributed by atoms with Gasteiger partial charge in [0.05, 0.1) is 25.2 Å². The van der Waals surface area contributed by atoms with Crippen molar-refractivity contribution in [1.82, 2.24) is 15.4 Å². The molecule has 1 aromatic carbocycles. The number of amides is 2. The number of rotatable bonds is 10. The molecule has 0 spiro atoms. The summed E-state index contributed by atoms with van der Waals surface area (Å²) in [6, 6.07) is 0.489. The van der Waals surface area contributed by atoms with Crippen LogP contribution in [0.25, 0.3) is 0 Å². The third-order valence-electron chi connectivity index (χ3n) is 5.79. The second kappa shape index (κ2) is 15.2. The predicted molar refractivity (Wildman–Crippen MR) is 160 cm³/mol. The highest BCUT2D eigenvalue weighted by atomic mass is 32.2. The van der Waals surface area contributed by atoms with Crippen LogP contribution in [0.2, 0.25) is 0 Å². The molecule has 4 N–H and O–H groups in total. The van der Waals surface area contributed by atoms with Crippen LogP contribution in [0, 0.1) is 20.8 Å². The summed E-state index contributed by atoms with van der Waals surface area (Å²) in [6.07, 6.45) is -3.36. The van der Waals surface area contributed by atoms with Gasteiger partial charge >= 0.3 is 18.2 Å². The maximum Gasteiger partial charge on any atom is 0.414 e. The van der Waals surface area contributed by atoms with Crippen LogP contribution in [-0.4, -0.2) is 81.8 Å². The van der Waals surface area contributed by atoms with Gasteiger partial charge in [-0.15, -0.1) is 0 Å². The van der Waals surface area contributed by atoms with E-state index >= 15 is 0 Å². The number of guanidine groups is 1. The number of aliphatic imine (C=N–C) groups is 1. The number of ether oxygens (including phenoxy) is 4. The maximum atomic E-state index is 13.5. The van der Waals surface area contributed by atoms with E-state index in [0.29, 0.717) is 22.4 Å². The number of methoxy groups -OCH3 is 2. The van der Waals surface area contributed by atoms with Crippen LogP contribution in [0.1, 0.15) is 71.1 Å². The Kier molecular flexibility index (Phi) is 13.3. The van der Waals surface area contributed by atoms with E-state index in [2.05, 4.69) is 25.1 Å². The molecular formula is C28H46N4O10S. The number of aryl methyl sites for hydroxylation is 1. The van der Waals surface area contributed by atoms with Crippen LogP contribution >= 0.6 is 0 Å². The second-order valence-corrected chi connectivity index (χ2v) is 13.4. The summed E-state index contributed by atoms with van der Waals surface area (Å²) in [6.45, 7) is 14.8. The van der Waals surface area contributed by atoms with E-state index in [0.717, 1.165) is 7.11 Å². The minimum absolute atomic E-state index is 0.00712. The summed E-state index contributed by atoms with van der Waals surface area (Å²) in [5.74, 6) is -0.852. The van der Waals surface area contributed by atoms with Gasteiger partial charge in [0.15, 0.2) is 6.10 Å². The number of alkyl carbamates (subject to hydrolysis) is 2. The molecule has 15 heteroatoms. The van der Waals surface area contributed by atoms with Crippen LogP contribution in [0.5, 0.6) is 5.75 Å². The molecule has 0 aliphatic rings. The number of nitrogens with one attached hydrogen (secondary N) is 3. The van der Waals surface area contributed by atoms with E-state index < -0.39 is 57.5 Å². The molecule has 2 amide bonds. The Morgan fingerprint density at radius 2 is 1.51 bits per heavy atom. The van der Waals surface area contributed by atoms with Crippen molar-refractivity contribution >= 4 is 34.1 Å². The topological polar surface area (TPSA) is 191 Å². The van der Waals surface area contributed by atoms with Gasteiger partial charge in [-0.25, -0.2) is 27.5 Å². The Hall–Kier alpha value is -3.59. The van der Waals surface area contributed by atoms with Crippen LogP contribution in [0.15, 0.2) is 16.0 Å². The number of carbonyl (C=O) groups excluding carboxylic acids is 3. The molecule has 14 nitrogen and oxygen atoms in total. The van der Waals surface area contributed by atoms with E-state index in [9.17, 15) is 27.9 Å². The summed E-state index contributed by atoms with van der Waals surface area (Å²) >= 11 is 0. The van der Waals surface area contributed by atoms with Crippen molar-refractivity contribution in [2.45, 2.75) is 103 Å². The van der Waals surface area contributed by atoms with Gasteiger partial charge in [0.1, 0.15) is 17.0 Å². The fourth-order valence-corrected chi connectivity index (χ4v) is 5.39. The molecule has 0 saturated carbocycles. The first-order chi connectivity index (χ1) is 19.6. The summed E-state index contributed by atoms with van der Waals surface area (Å²) in [5.41, 5.74) is -0.211. The lowest BCUT2D eigenvalue weighted by Gasteiger charge is -2.25. The molecule has 1 unspecified atom stereocenters. The average Bonchev–Trinajstić information content (AvgIpc) is 2.84. The molecule has 0 radical (unpaired) electrons. The number of sulfonamides is 1. The van der Waals surface area contributed by atoms with Crippen molar-refractivity contribution in [1.29, 1.82) is 0 Å². The summed E-state index contributed by atoms with van der Waals surface area (Å²) in [5, 5.41) is 15.2. The molecule has 43 heavy (non-hydrogen) atoms. The molecule has 0 heterocycles. The van der Waals surface area contributed by atoms with E-state index in [-0.39, 0.29) is 24.3 Å². The minimum atomic E-state index is -4.25. The van der Waals surface area contributed by atoms with E-state index in [1.54, 1.807) is 68.4 Å². The summed E-state index contributed by atoms with van der Waals surface area (Å²) < 4.78 is 49.7. The van der Waals surface area contributed by atoms with Crippen molar-refractivity contribution in [2.75, 3.05) is 20.8 Å². The van der Waals surface area contributed by atoms with Crippen LogP contribution in [0.3, 0.4) is 0 Å². The Balaban J connectivity index is 3.28. The zero-order chi connectivity index (χ0) is 33.3. The lowest BCUT2D eigenvalue weighted by molar-refractivity contribution is -0.152. The van der Waals surface area contributed by atoms with Gasteiger partial charge in [-0.2, -0.15) is 0 Å². The van der Waals surface area contributed by atoms with Crippen LogP contribution < -0.4 is 20.1 Å². The lowest BCUT2D eigenvalue weighted by atomic mass is 10.1. The van der Waals surface area contributed by atoms with Crippen LogP contribution in [0.4, 0.5) is 9.59 Å². The van der Waals surface area contributed by atoms with Crippen molar-refractivity contribution in [3.05, 3.63) is 22.8 Å². The number of esters is 1. The van der Waals surface area contributed by atoms with Gasteiger partial charge in [-0.05, 0) is 97.9 Å². The molecule has 244 valence electrons. The first kappa shape index (κ1) is 37.4. The highest BCUT2D eigenvalue weighted by molar-refractivity contribution is 7.90. The minimum Gasteiger partial charge on any atom is -0.496 e. The SMILES string of the molecule is COC(=O)C(O)[C@H](CCCN=C(NC(=O)OC(C)(C)C)NS(=O)(=O)c1c(C)cc(OC)c(C)c1C)NC(=O)OC(C)(C)C. The number of nitrogens with zero attached hydrogens (tertiary/aromatic N) is 1. The first-order valence-corrected chi connectivity index (χ1v) is 15.1. The smallest absolute Gasteiger partial charge is 0.414 e. The normalized spacial score (nSPS) is 13.8. The zero-order valence-corrected chi connectivity index (χ0v) is 27.6. The lowest BCUT2D eigenvalue weighted by Crippen LogP contribution is -2.49. The molecule has 1 aromatic rings. The Morgan fingerprint density at radius 1 is 0.953 bits per heavy atom. The monoisotopic (exact) mass is 630 g/mol. The third kappa shape index (κ3) is 12.3. The molecule has 0 aromatic heterocycles. The number of benzene rings is 1. The maximum absolute atomic E-state index is 13.5. The summed E-state index contributed by atoms with van der Waals surface area (Å²) in [4.78, 5) is 41.0. The van der Waals surface area contributed by atoms with Gasteiger partial charge < -0.3 is 29.4 Å². The van der Waals surface area contributed by atoms with Gasteiger partial charge in [-0.1, -0.05) is 0 Å². The Morgan fingerprint density at radius 3 is 2.02 bits per heavy atom. The van der Waals surface area contributed by atoms with Gasteiger partial charge in [0.25, 0.3) is 10.0 Å². The number of hydrogen-bond donors (Lipinski definition) is 4. The predicted octanol–water partition coefficient (Wildman–Crippen LogP) is 2.99. The molecule has 0 saturated heterocycles. The van der Waals surface area contributed by atoms with Gasteiger partial charge in [-0.3, -0.25) is 10.3 Å². The number of aliphatic hydroxyl groups excluding tert-OH is 1. The number of carbonyl (C=O) groups is 3. The highest BCUT2D eigenvalue weighted by Gasteiger charge is 2.30. The van der Waals surface area contributed by atoms with Crippen molar-refractivity contribution in [2.24, 2.45) is 4.99 Å². The summed E-state index contributed by atoms with van der Waals surface area (Å²) in [7, 11) is -1.67. The quantitative estimate of drug-likeness (QED) is 0.0983. The van der Waals surface area contributed by atoms with E-state index in [1.807, 2.05) is 0 Å². The molecule has 2 atom stereocenters. The average molecular weight is 631 g/mol. The highest BCUT2D eigenvalue weighted by Crippen LogP contribution is 2.30. The molecule has 0 fully saturated rings. The largest absolute Gasteiger partial charge is 0.496 e. The Bertz CT molecular complexity index is 1300. The zero-order valence-electron chi connectivity index (χ0n) is 26.8. The molecule has 0 aliphatic heterocycles. The van der Waals surface area contributed by atoms with E-state index in [1.165, 1.54) is 7.11 Å².